The summed E-state index contributed by atoms with van der Waals surface area (Å²) in [4.78, 5) is 17.5. The zero-order valence-corrected chi connectivity index (χ0v) is 19.0. The summed E-state index contributed by atoms with van der Waals surface area (Å²) in [7, 11) is 0. The van der Waals surface area contributed by atoms with Crippen LogP contribution in [0.25, 0.3) is 0 Å². The van der Waals surface area contributed by atoms with Gasteiger partial charge >= 0.3 is 0 Å². The second-order valence-corrected chi connectivity index (χ2v) is 8.84. The van der Waals surface area contributed by atoms with Gasteiger partial charge in [0.25, 0.3) is 11.1 Å². The Balaban J connectivity index is 1.18. The van der Waals surface area contributed by atoms with Crippen LogP contribution in [0.3, 0.4) is 0 Å². The molecule has 2 aromatic heterocycles. The maximum atomic E-state index is 12.2. The minimum absolute atomic E-state index is 0.0814. The third-order valence-corrected chi connectivity index (χ3v) is 6.38. The molecule has 0 fully saturated rings. The van der Waals surface area contributed by atoms with Crippen LogP contribution in [0.5, 0.6) is 16.7 Å². The molecule has 1 unspecified atom stereocenters. The highest BCUT2D eigenvalue weighted by atomic mass is 32.1. The fourth-order valence-electron chi connectivity index (χ4n) is 3.77. The van der Waals surface area contributed by atoms with Gasteiger partial charge < -0.3 is 14.8 Å². The SMILES string of the molecule is CCn1ccc(C(=O)NCc2cnc(Oc3ccc4c(c3)CCC(c3ccccc3)O4)s2)n1. The van der Waals surface area contributed by atoms with E-state index in [0.29, 0.717) is 17.4 Å². The Kier molecular flexibility index (Phi) is 6.08. The number of hydrogen-bond acceptors (Lipinski definition) is 6. The van der Waals surface area contributed by atoms with Crippen molar-refractivity contribution in [3.63, 3.8) is 0 Å². The zero-order valence-electron chi connectivity index (χ0n) is 18.2. The lowest BCUT2D eigenvalue weighted by atomic mass is 9.97. The number of benzene rings is 2. The number of aryl methyl sites for hydroxylation is 2. The molecule has 1 aliphatic rings. The van der Waals surface area contributed by atoms with E-state index in [1.165, 1.54) is 16.9 Å². The molecular formula is C25H24N4O3S. The molecule has 0 spiro atoms. The monoisotopic (exact) mass is 460 g/mol. The lowest BCUT2D eigenvalue weighted by molar-refractivity contribution is 0.0945. The van der Waals surface area contributed by atoms with Crippen molar-refractivity contribution in [2.75, 3.05) is 0 Å². The molecule has 0 radical (unpaired) electrons. The molecule has 1 atom stereocenters. The van der Waals surface area contributed by atoms with Crippen molar-refractivity contribution in [2.45, 2.75) is 39.0 Å². The Morgan fingerprint density at radius 2 is 2.12 bits per heavy atom. The fourth-order valence-corrected chi connectivity index (χ4v) is 4.48. The summed E-state index contributed by atoms with van der Waals surface area (Å²) in [5, 5.41) is 7.62. The van der Waals surface area contributed by atoms with E-state index in [1.807, 2.05) is 43.3 Å². The predicted octanol–water partition coefficient (Wildman–Crippen LogP) is 5.15. The van der Waals surface area contributed by atoms with E-state index in [9.17, 15) is 4.79 Å². The molecule has 1 aliphatic heterocycles. The first-order valence-electron chi connectivity index (χ1n) is 11.0. The lowest BCUT2D eigenvalue weighted by Gasteiger charge is -2.26. The summed E-state index contributed by atoms with van der Waals surface area (Å²) in [5.41, 5.74) is 2.74. The van der Waals surface area contributed by atoms with E-state index in [-0.39, 0.29) is 12.0 Å². The van der Waals surface area contributed by atoms with Gasteiger partial charge in [-0.25, -0.2) is 4.98 Å². The van der Waals surface area contributed by atoms with Gasteiger partial charge in [-0.2, -0.15) is 5.10 Å². The van der Waals surface area contributed by atoms with Gasteiger partial charge in [-0.1, -0.05) is 41.7 Å². The molecule has 3 heterocycles. The topological polar surface area (TPSA) is 78.3 Å². The maximum Gasteiger partial charge on any atom is 0.278 e. The van der Waals surface area contributed by atoms with Crippen LogP contribution in [-0.2, 0) is 19.5 Å². The van der Waals surface area contributed by atoms with Gasteiger partial charge in [0, 0.05) is 23.8 Å². The third kappa shape index (κ3) is 4.90. The molecule has 0 saturated carbocycles. The van der Waals surface area contributed by atoms with Crippen LogP contribution in [-0.4, -0.2) is 20.7 Å². The van der Waals surface area contributed by atoms with E-state index >= 15 is 0 Å². The first kappa shape index (κ1) is 21.2. The molecule has 0 aliphatic carbocycles. The molecule has 1 N–H and O–H groups in total. The lowest BCUT2D eigenvalue weighted by Crippen LogP contribution is -2.23. The van der Waals surface area contributed by atoms with Gasteiger partial charge in [0.15, 0.2) is 0 Å². The molecule has 7 nitrogen and oxygen atoms in total. The molecule has 2 aromatic carbocycles. The predicted molar refractivity (Wildman–Crippen MR) is 126 cm³/mol. The summed E-state index contributed by atoms with van der Waals surface area (Å²) in [5.74, 6) is 1.42. The van der Waals surface area contributed by atoms with Crippen molar-refractivity contribution in [3.05, 3.63) is 88.7 Å². The van der Waals surface area contributed by atoms with Gasteiger partial charge in [-0.05, 0) is 55.2 Å². The van der Waals surface area contributed by atoms with E-state index in [4.69, 9.17) is 9.47 Å². The summed E-state index contributed by atoms with van der Waals surface area (Å²) < 4.78 is 13.9. The van der Waals surface area contributed by atoms with Crippen molar-refractivity contribution in [3.8, 4) is 16.7 Å². The Labute approximate surface area is 196 Å². The smallest absolute Gasteiger partial charge is 0.278 e. The normalized spacial score (nSPS) is 14.9. The fraction of sp³-hybridized carbons (Fsp3) is 0.240. The Hall–Kier alpha value is -3.65. The molecule has 8 heteroatoms. The van der Waals surface area contributed by atoms with Crippen molar-refractivity contribution in [2.24, 2.45) is 0 Å². The number of carbonyl (C=O) groups is 1. The second-order valence-electron chi connectivity index (χ2n) is 7.76. The molecule has 168 valence electrons. The van der Waals surface area contributed by atoms with E-state index in [1.54, 1.807) is 23.1 Å². The third-order valence-electron chi connectivity index (χ3n) is 5.51. The van der Waals surface area contributed by atoms with Crippen LogP contribution >= 0.6 is 11.3 Å². The maximum absolute atomic E-state index is 12.2. The van der Waals surface area contributed by atoms with Crippen LogP contribution in [0.15, 0.2) is 67.0 Å². The van der Waals surface area contributed by atoms with Gasteiger partial charge in [0.05, 0.1) is 6.54 Å². The number of nitrogens with zero attached hydrogens (tertiary/aromatic N) is 3. The van der Waals surface area contributed by atoms with Crippen LogP contribution < -0.4 is 14.8 Å². The average molecular weight is 461 g/mol. The quantitative estimate of drug-likeness (QED) is 0.413. The van der Waals surface area contributed by atoms with Crippen LogP contribution in [0.1, 0.15) is 45.9 Å². The number of hydrogen-bond donors (Lipinski definition) is 1. The number of thiazole rings is 1. The molecular weight excluding hydrogens is 436 g/mol. The summed E-state index contributed by atoms with van der Waals surface area (Å²) >= 11 is 1.40. The molecule has 5 rings (SSSR count). The average Bonchev–Trinajstić information content (AvgIpc) is 3.52. The van der Waals surface area contributed by atoms with Gasteiger partial charge in [0.2, 0.25) is 0 Å². The van der Waals surface area contributed by atoms with Crippen molar-refractivity contribution in [1.29, 1.82) is 0 Å². The van der Waals surface area contributed by atoms with Gasteiger partial charge in [0.1, 0.15) is 23.3 Å². The number of nitrogens with one attached hydrogen (secondary N) is 1. The second kappa shape index (κ2) is 9.46. The molecule has 4 aromatic rings. The summed E-state index contributed by atoms with van der Waals surface area (Å²) in [6.45, 7) is 3.08. The first-order valence-corrected chi connectivity index (χ1v) is 11.8. The van der Waals surface area contributed by atoms with Crippen molar-refractivity contribution in [1.82, 2.24) is 20.1 Å². The number of rotatable bonds is 7. The standard InChI is InChI=1S/C25H24N4O3S/c1-2-29-13-12-21(28-29)24(30)26-15-20-16-27-25(33-20)31-19-9-11-23-18(14-19)8-10-22(32-23)17-6-4-3-5-7-17/h3-7,9,11-14,16,22H,2,8,10,15H2,1H3,(H,26,30). The Morgan fingerprint density at radius 3 is 2.94 bits per heavy atom. The van der Waals surface area contributed by atoms with Crippen molar-refractivity contribution >= 4 is 17.2 Å². The Bertz CT molecular complexity index is 1250. The number of fused-ring (bicyclic) bond motifs is 1. The molecule has 0 saturated heterocycles. The number of carbonyl (C=O) groups excluding carboxylic acids is 1. The zero-order chi connectivity index (χ0) is 22.6. The summed E-state index contributed by atoms with van der Waals surface area (Å²) in [6, 6.07) is 17.9. The number of aromatic nitrogens is 3. The summed E-state index contributed by atoms with van der Waals surface area (Å²) in [6.07, 6.45) is 5.45. The highest BCUT2D eigenvalue weighted by molar-refractivity contribution is 7.13. The van der Waals surface area contributed by atoms with Crippen molar-refractivity contribution < 1.29 is 14.3 Å². The molecule has 0 bridgehead atoms. The number of amides is 1. The highest BCUT2D eigenvalue weighted by Crippen LogP contribution is 2.38. The largest absolute Gasteiger partial charge is 0.485 e. The van der Waals surface area contributed by atoms with Crippen LogP contribution in [0.4, 0.5) is 0 Å². The Morgan fingerprint density at radius 1 is 1.24 bits per heavy atom. The highest BCUT2D eigenvalue weighted by Gasteiger charge is 2.22. The molecule has 33 heavy (non-hydrogen) atoms. The molecule has 1 amide bonds. The van der Waals surface area contributed by atoms with Crippen LogP contribution in [0, 0.1) is 0 Å². The van der Waals surface area contributed by atoms with Gasteiger partial charge in [-0.15, -0.1) is 0 Å². The van der Waals surface area contributed by atoms with E-state index in [2.05, 4.69) is 27.5 Å². The van der Waals surface area contributed by atoms with E-state index in [0.717, 1.165) is 41.3 Å². The minimum atomic E-state index is -0.207. The first-order chi connectivity index (χ1) is 16.2. The number of ether oxygens (including phenoxy) is 2. The van der Waals surface area contributed by atoms with E-state index < -0.39 is 0 Å². The van der Waals surface area contributed by atoms with Crippen LogP contribution in [0.2, 0.25) is 0 Å². The minimum Gasteiger partial charge on any atom is -0.485 e. The van der Waals surface area contributed by atoms with Gasteiger partial charge in [-0.3, -0.25) is 9.48 Å².